The molecule has 0 bridgehead atoms. The van der Waals surface area contributed by atoms with Crippen LogP contribution in [0.1, 0.15) is 41.6 Å². The fourth-order valence-corrected chi connectivity index (χ4v) is 5.25. The number of benzene rings is 2. The molecule has 4 amide bonds. The van der Waals surface area contributed by atoms with Gasteiger partial charge in [-0.05, 0) is 73.9 Å². The Balaban J connectivity index is 1.16. The van der Waals surface area contributed by atoms with Gasteiger partial charge < -0.3 is 25.2 Å². The highest BCUT2D eigenvalue weighted by Gasteiger charge is 2.53. The number of nitrogens with zero attached hydrogens (tertiary/aromatic N) is 2. The fourth-order valence-electron chi connectivity index (χ4n) is 5.25. The molecule has 0 radical (unpaired) electrons. The third-order valence-corrected chi connectivity index (χ3v) is 7.42. The number of ether oxygens (including phenoxy) is 1. The number of piperidine rings is 1. The number of anilines is 1. The fraction of sp³-hybridized carbons (Fsp3) is 0.464. The van der Waals surface area contributed by atoms with E-state index in [2.05, 4.69) is 10.6 Å². The van der Waals surface area contributed by atoms with Crippen molar-refractivity contribution in [3.8, 4) is 0 Å². The van der Waals surface area contributed by atoms with Gasteiger partial charge in [0.25, 0.3) is 5.91 Å². The second kappa shape index (κ2) is 10.9. The average Bonchev–Trinajstić information content (AvgIpc) is 3.70. The monoisotopic (exact) mass is 508 g/mol. The number of hydrogen-bond acceptors (Lipinski definition) is 4. The van der Waals surface area contributed by atoms with Gasteiger partial charge in [-0.3, -0.25) is 9.59 Å². The van der Waals surface area contributed by atoms with E-state index in [1.165, 1.54) is 12.1 Å². The lowest BCUT2D eigenvalue weighted by Gasteiger charge is -2.35. The van der Waals surface area contributed by atoms with Gasteiger partial charge in [-0.2, -0.15) is 0 Å². The van der Waals surface area contributed by atoms with Crippen LogP contribution in [0.15, 0.2) is 48.5 Å². The molecule has 37 heavy (non-hydrogen) atoms. The first-order valence-electron chi connectivity index (χ1n) is 13.0. The molecule has 5 rings (SSSR count). The van der Waals surface area contributed by atoms with E-state index in [9.17, 15) is 18.8 Å². The molecule has 196 valence electrons. The third-order valence-electron chi connectivity index (χ3n) is 7.42. The zero-order chi connectivity index (χ0) is 25.8. The lowest BCUT2D eigenvalue weighted by Crippen LogP contribution is -2.54. The highest BCUT2D eigenvalue weighted by molar-refractivity contribution is 5.99. The molecule has 9 heteroatoms. The van der Waals surface area contributed by atoms with E-state index in [-0.39, 0.29) is 17.6 Å². The summed E-state index contributed by atoms with van der Waals surface area (Å²) in [6.45, 7) is 3.44. The number of likely N-dealkylation sites (tertiary alicyclic amines) is 1. The summed E-state index contributed by atoms with van der Waals surface area (Å²) >= 11 is 0. The van der Waals surface area contributed by atoms with Crippen LogP contribution in [0.4, 0.5) is 14.9 Å². The minimum atomic E-state index is -0.872. The van der Waals surface area contributed by atoms with Crippen molar-refractivity contribution in [1.82, 2.24) is 15.1 Å². The predicted molar refractivity (Wildman–Crippen MR) is 137 cm³/mol. The first-order chi connectivity index (χ1) is 17.9. The van der Waals surface area contributed by atoms with E-state index in [0.29, 0.717) is 69.4 Å². The number of rotatable bonds is 6. The average molecular weight is 509 g/mol. The van der Waals surface area contributed by atoms with Gasteiger partial charge in [0.1, 0.15) is 11.4 Å². The lowest BCUT2D eigenvalue weighted by atomic mass is 9.91. The van der Waals surface area contributed by atoms with Crippen LogP contribution in [0.2, 0.25) is 0 Å². The molecule has 0 aromatic heterocycles. The summed E-state index contributed by atoms with van der Waals surface area (Å²) in [6, 6.07) is 12.9. The van der Waals surface area contributed by atoms with Gasteiger partial charge in [0.15, 0.2) is 0 Å². The Morgan fingerprint density at radius 2 is 1.76 bits per heavy atom. The molecular formula is C28H33FN4O4. The van der Waals surface area contributed by atoms with Gasteiger partial charge in [0.05, 0.1) is 13.2 Å². The molecule has 1 atom stereocenters. The molecule has 0 spiro atoms. The Morgan fingerprint density at radius 1 is 1.00 bits per heavy atom. The van der Waals surface area contributed by atoms with Crippen LogP contribution in [0.3, 0.4) is 0 Å². The number of morpholine rings is 1. The maximum Gasteiger partial charge on any atom is 0.320 e. The van der Waals surface area contributed by atoms with Crippen molar-refractivity contribution >= 4 is 23.5 Å². The molecule has 2 saturated heterocycles. The number of nitrogens with one attached hydrogen (secondary N) is 2. The summed E-state index contributed by atoms with van der Waals surface area (Å²) < 4.78 is 18.5. The van der Waals surface area contributed by atoms with Crippen molar-refractivity contribution in [3.63, 3.8) is 0 Å². The van der Waals surface area contributed by atoms with E-state index < -0.39 is 11.6 Å². The lowest BCUT2D eigenvalue weighted by molar-refractivity contribution is -0.136. The predicted octanol–water partition coefficient (Wildman–Crippen LogP) is 3.43. The van der Waals surface area contributed by atoms with E-state index in [1.807, 2.05) is 4.90 Å². The quantitative estimate of drug-likeness (QED) is 0.626. The van der Waals surface area contributed by atoms with Crippen molar-refractivity contribution in [3.05, 3.63) is 65.5 Å². The highest BCUT2D eigenvalue weighted by Crippen LogP contribution is 2.38. The largest absolute Gasteiger partial charge is 0.378 e. The van der Waals surface area contributed by atoms with Crippen molar-refractivity contribution in [2.24, 2.45) is 5.92 Å². The number of carbonyl (C=O) groups excluding carboxylic acids is 3. The minimum absolute atomic E-state index is 0.0392. The van der Waals surface area contributed by atoms with E-state index in [0.717, 1.165) is 24.8 Å². The summed E-state index contributed by atoms with van der Waals surface area (Å²) in [4.78, 5) is 42.6. The smallest absolute Gasteiger partial charge is 0.320 e. The summed E-state index contributed by atoms with van der Waals surface area (Å²) in [5, 5.41) is 5.69. The van der Waals surface area contributed by atoms with Crippen LogP contribution >= 0.6 is 0 Å². The third kappa shape index (κ3) is 6.10. The van der Waals surface area contributed by atoms with Gasteiger partial charge >= 0.3 is 6.03 Å². The molecule has 3 aliphatic rings. The topological polar surface area (TPSA) is 91.0 Å². The molecule has 2 aliphatic heterocycles. The number of urea groups is 1. The van der Waals surface area contributed by atoms with Crippen molar-refractivity contribution in [2.75, 3.05) is 44.7 Å². The van der Waals surface area contributed by atoms with Gasteiger partial charge in [-0.15, -0.1) is 0 Å². The molecule has 8 nitrogen and oxygen atoms in total. The Morgan fingerprint density at radius 3 is 2.49 bits per heavy atom. The Kier molecular flexibility index (Phi) is 7.41. The zero-order valence-electron chi connectivity index (χ0n) is 20.9. The normalized spacial score (nSPS) is 20.7. The molecule has 1 saturated carbocycles. The number of carbonyl (C=O) groups is 3. The molecule has 3 fully saturated rings. The second-order valence-corrected chi connectivity index (χ2v) is 10.2. The van der Waals surface area contributed by atoms with Crippen LogP contribution in [0.25, 0.3) is 0 Å². The van der Waals surface area contributed by atoms with Crippen LogP contribution in [-0.2, 0) is 16.0 Å². The highest BCUT2D eigenvalue weighted by atomic mass is 19.1. The first-order valence-corrected chi connectivity index (χ1v) is 13.0. The second-order valence-electron chi connectivity index (χ2n) is 10.2. The SMILES string of the molecule is O=C(Nc1cccc(C(=O)N2CCOCC2)c1)NC1(C(=O)N2CCC[C@@H](Cc3ccc(F)cc3)C2)CC1. The molecule has 1 aliphatic carbocycles. The van der Waals surface area contributed by atoms with Crippen molar-refractivity contribution in [2.45, 2.75) is 37.6 Å². The number of hydrogen-bond donors (Lipinski definition) is 2. The van der Waals surface area contributed by atoms with Crippen molar-refractivity contribution in [1.29, 1.82) is 0 Å². The van der Waals surface area contributed by atoms with Gasteiger partial charge in [0.2, 0.25) is 5.91 Å². The molecule has 2 aromatic carbocycles. The van der Waals surface area contributed by atoms with Gasteiger partial charge in [-0.1, -0.05) is 18.2 Å². The molecule has 0 unspecified atom stereocenters. The van der Waals surface area contributed by atoms with Crippen molar-refractivity contribution < 1.29 is 23.5 Å². The molecule has 2 aromatic rings. The van der Waals surface area contributed by atoms with Crippen LogP contribution < -0.4 is 10.6 Å². The number of amides is 4. The van der Waals surface area contributed by atoms with Gasteiger partial charge in [-0.25, -0.2) is 9.18 Å². The Labute approximate surface area is 216 Å². The summed E-state index contributed by atoms with van der Waals surface area (Å²) in [7, 11) is 0. The summed E-state index contributed by atoms with van der Waals surface area (Å²) in [6.07, 6.45) is 3.93. The maximum atomic E-state index is 13.4. The van der Waals surface area contributed by atoms with E-state index in [4.69, 9.17) is 4.74 Å². The summed E-state index contributed by atoms with van der Waals surface area (Å²) in [5.41, 5.74) is 1.19. The Hall–Kier alpha value is -3.46. The Bertz CT molecular complexity index is 1150. The number of halogens is 1. The summed E-state index contributed by atoms with van der Waals surface area (Å²) in [5.74, 6) is -0.0802. The first kappa shape index (κ1) is 25.2. The van der Waals surface area contributed by atoms with E-state index >= 15 is 0 Å². The van der Waals surface area contributed by atoms with Crippen LogP contribution in [0.5, 0.6) is 0 Å². The molecule has 2 N–H and O–H groups in total. The zero-order valence-corrected chi connectivity index (χ0v) is 20.9. The maximum absolute atomic E-state index is 13.4. The molecular weight excluding hydrogens is 475 g/mol. The van der Waals surface area contributed by atoms with E-state index in [1.54, 1.807) is 41.3 Å². The minimum Gasteiger partial charge on any atom is -0.378 e. The van der Waals surface area contributed by atoms with Crippen LogP contribution in [0, 0.1) is 11.7 Å². The van der Waals surface area contributed by atoms with Gasteiger partial charge in [0, 0.05) is 37.4 Å². The standard InChI is InChI=1S/C28H33FN4O4/c29-23-8-6-20(7-9-23)17-21-3-2-12-33(19-21)26(35)28(10-11-28)31-27(36)30-24-5-1-4-22(18-24)25(34)32-13-15-37-16-14-32/h1,4-9,18,21H,2-3,10-17,19H2,(H2,30,31,36)/t21-/m0/s1. The molecule has 2 heterocycles. The van der Waals surface area contributed by atoms with Crippen LogP contribution in [-0.4, -0.2) is 72.6 Å².